The molecule has 0 spiro atoms. The van der Waals surface area contributed by atoms with E-state index in [0.717, 1.165) is 38.1 Å². The van der Waals surface area contributed by atoms with Crippen molar-refractivity contribution in [2.45, 2.75) is 58.9 Å². The second-order valence-corrected chi connectivity index (χ2v) is 6.52. The number of fused-ring (bicyclic) bond motifs is 2. The molecule has 1 heterocycles. The van der Waals surface area contributed by atoms with Crippen molar-refractivity contribution in [3.05, 3.63) is 35.0 Å². The van der Waals surface area contributed by atoms with Crippen molar-refractivity contribution in [2.24, 2.45) is 5.18 Å². The molecule has 1 N–H and O–H groups in total. The van der Waals surface area contributed by atoms with Gasteiger partial charge in [0.05, 0.1) is 0 Å². The number of phenols is 1. The smallest absolute Gasteiger partial charge is 0.149 e. The monoisotopic (exact) mass is 339 g/mol. The first-order chi connectivity index (χ1) is 12.2. The number of phenolic OH excluding ortho intramolecular Hbond substituents is 1. The van der Waals surface area contributed by atoms with Gasteiger partial charge < -0.3 is 9.67 Å². The van der Waals surface area contributed by atoms with E-state index in [0.29, 0.717) is 33.4 Å². The molecule has 0 radical (unpaired) electrons. The minimum Gasteiger partial charge on any atom is -0.505 e. The van der Waals surface area contributed by atoms with Crippen LogP contribution in [0.3, 0.4) is 0 Å². The Balaban J connectivity index is 2.43. The predicted molar refractivity (Wildman–Crippen MR) is 103 cm³/mol. The predicted octanol–water partition coefficient (Wildman–Crippen LogP) is 6.00. The van der Waals surface area contributed by atoms with Crippen molar-refractivity contribution in [1.29, 1.82) is 0 Å². The Kier molecular flexibility index (Phi) is 5.02. The molecule has 0 saturated carbocycles. The van der Waals surface area contributed by atoms with Gasteiger partial charge in [-0.2, -0.15) is 0 Å². The summed E-state index contributed by atoms with van der Waals surface area (Å²) in [6, 6.07) is 7.34. The number of rotatable bonds is 7. The second-order valence-electron chi connectivity index (χ2n) is 6.52. The fraction of sp³-hybridized carbons (Fsp3) is 0.450. The van der Waals surface area contributed by atoms with Crippen LogP contribution < -0.4 is 0 Å². The standard InChI is InChI=1S/C20H25N3O2/c1-4-7-12-23-18-17(21-20(23)13(5-2)6-3)16(22-25)14-10-8-9-11-15(14)19(18)24/h8-11,13,24H,4-7,12H2,1-3H3. The van der Waals surface area contributed by atoms with Crippen molar-refractivity contribution in [3.8, 4) is 5.75 Å². The van der Waals surface area contributed by atoms with Gasteiger partial charge in [-0.25, -0.2) is 4.98 Å². The van der Waals surface area contributed by atoms with E-state index in [2.05, 4.69) is 30.5 Å². The Bertz CT molecular complexity index is 910. The van der Waals surface area contributed by atoms with Crippen LogP contribution in [-0.2, 0) is 6.54 Å². The quantitative estimate of drug-likeness (QED) is 0.537. The second kappa shape index (κ2) is 7.21. The molecule has 1 aromatic heterocycles. The van der Waals surface area contributed by atoms with Crippen molar-refractivity contribution in [2.75, 3.05) is 0 Å². The third-order valence-electron chi connectivity index (χ3n) is 5.06. The van der Waals surface area contributed by atoms with Gasteiger partial charge in [0.15, 0.2) is 0 Å². The van der Waals surface area contributed by atoms with Crippen LogP contribution in [-0.4, -0.2) is 14.7 Å². The Morgan fingerprint density at radius 1 is 1.16 bits per heavy atom. The van der Waals surface area contributed by atoms with Crippen molar-refractivity contribution in [1.82, 2.24) is 9.55 Å². The largest absolute Gasteiger partial charge is 0.505 e. The maximum Gasteiger partial charge on any atom is 0.149 e. The van der Waals surface area contributed by atoms with E-state index in [1.807, 2.05) is 24.3 Å². The number of aryl methyl sites for hydroxylation is 1. The number of nitroso groups, excluding NO2 is 1. The highest BCUT2D eigenvalue weighted by atomic mass is 16.3. The van der Waals surface area contributed by atoms with Crippen LogP contribution >= 0.6 is 0 Å². The summed E-state index contributed by atoms with van der Waals surface area (Å²) >= 11 is 0. The van der Waals surface area contributed by atoms with Crippen LogP contribution in [0.5, 0.6) is 5.75 Å². The van der Waals surface area contributed by atoms with E-state index in [1.165, 1.54) is 0 Å². The maximum atomic E-state index is 11.6. The first-order valence-electron chi connectivity index (χ1n) is 9.14. The van der Waals surface area contributed by atoms with Gasteiger partial charge in [-0.3, -0.25) is 0 Å². The molecule has 0 fully saturated rings. The van der Waals surface area contributed by atoms with Crippen LogP contribution in [0, 0.1) is 4.91 Å². The number of nitrogens with zero attached hydrogens (tertiary/aromatic N) is 3. The van der Waals surface area contributed by atoms with Crippen molar-refractivity contribution < 1.29 is 5.11 Å². The highest BCUT2D eigenvalue weighted by molar-refractivity contribution is 6.12. The lowest BCUT2D eigenvalue weighted by Gasteiger charge is -2.16. The summed E-state index contributed by atoms with van der Waals surface area (Å²) in [6.07, 6.45) is 3.98. The summed E-state index contributed by atoms with van der Waals surface area (Å²) in [4.78, 5) is 16.4. The van der Waals surface area contributed by atoms with E-state index in [9.17, 15) is 10.0 Å². The Morgan fingerprint density at radius 2 is 1.84 bits per heavy atom. The molecule has 5 nitrogen and oxygen atoms in total. The summed E-state index contributed by atoms with van der Waals surface area (Å²) in [6.45, 7) is 7.21. The maximum absolute atomic E-state index is 11.6. The Morgan fingerprint density at radius 3 is 2.44 bits per heavy atom. The summed E-state index contributed by atoms with van der Waals surface area (Å²) in [5.74, 6) is 1.44. The van der Waals surface area contributed by atoms with Gasteiger partial charge in [0, 0.05) is 23.2 Å². The van der Waals surface area contributed by atoms with Crippen LogP contribution in [0.25, 0.3) is 21.8 Å². The molecule has 0 saturated heterocycles. The number of imidazole rings is 1. The van der Waals surface area contributed by atoms with Gasteiger partial charge in [0.2, 0.25) is 0 Å². The van der Waals surface area contributed by atoms with Gasteiger partial charge >= 0.3 is 0 Å². The molecule has 0 atom stereocenters. The molecule has 0 aliphatic heterocycles. The fourth-order valence-corrected chi connectivity index (χ4v) is 3.63. The average Bonchev–Trinajstić information content (AvgIpc) is 3.01. The molecule has 0 unspecified atom stereocenters. The fourth-order valence-electron chi connectivity index (χ4n) is 3.63. The van der Waals surface area contributed by atoms with Gasteiger partial charge in [0.1, 0.15) is 28.3 Å². The summed E-state index contributed by atoms with van der Waals surface area (Å²) in [5.41, 5.74) is 1.48. The third-order valence-corrected chi connectivity index (χ3v) is 5.06. The summed E-state index contributed by atoms with van der Waals surface area (Å²) in [7, 11) is 0. The highest BCUT2D eigenvalue weighted by Crippen LogP contribution is 2.43. The van der Waals surface area contributed by atoms with Gasteiger partial charge in [-0.05, 0) is 24.4 Å². The lowest BCUT2D eigenvalue weighted by Crippen LogP contribution is -2.08. The topological polar surface area (TPSA) is 67.5 Å². The first-order valence-corrected chi connectivity index (χ1v) is 9.14. The number of hydrogen-bond acceptors (Lipinski definition) is 4. The van der Waals surface area contributed by atoms with Crippen LogP contribution in [0.15, 0.2) is 29.4 Å². The molecule has 3 rings (SSSR count). The molecule has 25 heavy (non-hydrogen) atoms. The van der Waals surface area contributed by atoms with E-state index in [1.54, 1.807) is 0 Å². The Hall–Kier alpha value is -2.43. The molecule has 2 aromatic carbocycles. The highest BCUT2D eigenvalue weighted by Gasteiger charge is 2.24. The zero-order valence-electron chi connectivity index (χ0n) is 15.1. The average molecular weight is 339 g/mol. The van der Waals surface area contributed by atoms with Crippen LogP contribution in [0.4, 0.5) is 5.69 Å². The number of aromatic nitrogens is 2. The summed E-state index contributed by atoms with van der Waals surface area (Å²) < 4.78 is 2.10. The minimum atomic E-state index is 0.193. The van der Waals surface area contributed by atoms with Gasteiger partial charge in [-0.1, -0.05) is 51.5 Å². The first kappa shape index (κ1) is 17.4. The van der Waals surface area contributed by atoms with Crippen molar-refractivity contribution in [3.63, 3.8) is 0 Å². The van der Waals surface area contributed by atoms with E-state index in [-0.39, 0.29) is 5.75 Å². The SMILES string of the molecule is CCCCn1c(C(CC)CC)nc2c(N=O)c3ccccc3c(O)c21. The molecule has 0 bridgehead atoms. The molecular weight excluding hydrogens is 314 g/mol. The van der Waals surface area contributed by atoms with Crippen LogP contribution in [0.1, 0.15) is 58.2 Å². The third kappa shape index (κ3) is 2.77. The number of aromatic hydroxyl groups is 1. The zero-order chi connectivity index (χ0) is 18.0. The zero-order valence-corrected chi connectivity index (χ0v) is 15.1. The van der Waals surface area contributed by atoms with Gasteiger partial charge in [-0.15, -0.1) is 4.91 Å². The number of benzene rings is 2. The van der Waals surface area contributed by atoms with Gasteiger partial charge in [0.25, 0.3) is 0 Å². The van der Waals surface area contributed by atoms with E-state index < -0.39 is 0 Å². The summed E-state index contributed by atoms with van der Waals surface area (Å²) in [5, 5.41) is 15.5. The molecule has 5 heteroatoms. The normalized spacial score (nSPS) is 11.7. The lowest BCUT2D eigenvalue weighted by atomic mass is 10.0. The molecule has 132 valence electrons. The Labute approximate surface area is 147 Å². The molecule has 0 aliphatic carbocycles. The minimum absolute atomic E-state index is 0.193. The lowest BCUT2D eigenvalue weighted by molar-refractivity contribution is 0.479. The molecule has 0 amide bonds. The molecular formula is C20H25N3O2. The number of unbranched alkanes of at least 4 members (excludes halogenated alkanes) is 1. The van der Waals surface area contributed by atoms with Crippen LogP contribution in [0.2, 0.25) is 0 Å². The van der Waals surface area contributed by atoms with E-state index >= 15 is 0 Å². The van der Waals surface area contributed by atoms with E-state index in [4.69, 9.17) is 4.98 Å². The number of hydrogen-bond donors (Lipinski definition) is 1. The van der Waals surface area contributed by atoms with Crippen molar-refractivity contribution >= 4 is 27.5 Å². The molecule has 0 aliphatic rings. The molecule has 3 aromatic rings.